The van der Waals surface area contributed by atoms with Gasteiger partial charge in [-0.25, -0.2) is 0 Å². The topological polar surface area (TPSA) is 25.2 Å². The van der Waals surface area contributed by atoms with E-state index in [-0.39, 0.29) is 5.88 Å². The Morgan fingerprint density at radius 1 is 1.14 bits per heavy atom. The van der Waals surface area contributed by atoms with E-state index in [0.29, 0.717) is 6.54 Å². The zero-order valence-electron chi connectivity index (χ0n) is 7.52. The molecule has 1 aromatic carbocycles. The van der Waals surface area contributed by atoms with Gasteiger partial charge in [0.05, 0.1) is 6.54 Å². The van der Waals surface area contributed by atoms with E-state index in [1.807, 2.05) is 30.5 Å². The summed E-state index contributed by atoms with van der Waals surface area (Å²) in [7, 11) is 0. The number of aromatic nitrogens is 1. The van der Waals surface area contributed by atoms with Crippen LogP contribution in [0.1, 0.15) is 5.56 Å². The minimum atomic E-state index is 0.255. The van der Waals surface area contributed by atoms with Crippen molar-refractivity contribution in [3.8, 4) is 5.88 Å². The lowest BCUT2D eigenvalue weighted by atomic mass is 10.2. The molecule has 0 aliphatic heterocycles. The maximum Gasteiger partial charge on any atom is 0.191 e. The Kier molecular flexibility index (Phi) is 2.46. The molecule has 0 spiro atoms. The predicted octanol–water partition coefficient (Wildman–Crippen LogP) is 2.90. The molecule has 0 fully saturated rings. The van der Waals surface area contributed by atoms with Crippen LogP contribution in [0.15, 0.2) is 42.6 Å². The number of rotatable bonds is 2. The predicted molar refractivity (Wildman–Crippen MR) is 56.7 cm³/mol. The summed E-state index contributed by atoms with van der Waals surface area (Å²) in [6, 6.07) is 11.1. The summed E-state index contributed by atoms with van der Waals surface area (Å²) in [5.74, 6) is 0.255. The lowest BCUT2D eigenvalue weighted by Crippen LogP contribution is -1.97. The summed E-state index contributed by atoms with van der Waals surface area (Å²) in [5, 5.41) is 10.1. The van der Waals surface area contributed by atoms with Gasteiger partial charge in [0, 0.05) is 11.2 Å². The van der Waals surface area contributed by atoms with E-state index in [9.17, 15) is 5.11 Å². The molecule has 3 heteroatoms. The van der Waals surface area contributed by atoms with Crippen molar-refractivity contribution in [2.45, 2.75) is 6.54 Å². The number of hydrogen-bond acceptors (Lipinski definition) is 1. The van der Waals surface area contributed by atoms with Crippen LogP contribution in [0.2, 0.25) is 5.02 Å². The molecular formula is C11H10ClNO. The molecule has 1 heterocycles. The molecule has 1 aromatic heterocycles. The Hall–Kier alpha value is -1.41. The molecule has 0 saturated heterocycles. The maximum atomic E-state index is 9.42. The van der Waals surface area contributed by atoms with E-state index in [1.54, 1.807) is 16.7 Å². The van der Waals surface area contributed by atoms with E-state index < -0.39 is 0 Å². The Balaban J connectivity index is 2.28. The van der Waals surface area contributed by atoms with Gasteiger partial charge in [0.2, 0.25) is 0 Å². The van der Waals surface area contributed by atoms with Crippen LogP contribution in [-0.4, -0.2) is 9.67 Å². The molecule has 2 aromatic rings. The molecule has 2 nitrogen and oxygen atoms in total. The number of nitrogens with zero attached hydrogens (tertiary/aromatic N) is 1. The third-order valence-electron chi connectivity index (χ3n) is 2.10. The molecule has 72 valence electrons. The zero-order chi connectivity index (χ0) is 9.97. The van der Waals surface area contributed by atoms with Crippen LogP contribution < -0.4 is 0 Å². The van der Waals surface area contributed by atoms with Crippen molar-refractivity contribution in [3.05, 3.63) is 53.2 Å². The summed E-state index contributed by atoms with van der Waals surface area (Å²) in [4.78, 5) is 0. The molecule has 0 aliphatic carbocycles. The molecule has 1 N–H and O–H groups in total. The molecule has 0 amide bonds. The van der Waals surface area contributed by atoms with Crippen LogP contribution >= 0.6 is 11.6 Å². The van der Waals surface area contributed by atoms with Gasteiger partial charge in [-0.15, -0.1) is 0 Å². The van der Waals surface area contributed by atoms with Crippen LogP contribution in [0, 0.1) is 0 Å². The highest BCUT2D eigenvalue weighted by Gasteiger charge is 2.02. The number of halogens is 1. The summed E-state index contributed by atoms with van der Waals surface area (Å²) in [6.45, 7) is 0.596. The van der Waals surface area contributed by atoms with Crippen molar-refractivity contribution in [3.63, 3.8) is 0 Å². The zero-order valence-corrected chi connectivity index (χ0v) is 8.28. The standard InChI is InChI=1S/C11H10ClNO/c12-10-5-2-1-4-9(10)8-13-7-3-6-11(13)14/h1-7,14H,8H2. The summed E-state index contributed by atoms with van der Waals surface area (Å²) in [6.07, 6.45) is 1.82. The number of hydrogen-bond donors (Lipinski definition) is 1. The van der Waals surface area contributed by atoms with Crippen molar-refractivity contribution < 1.29 is 5.11 Å². The minimum absolute atomic E-state index is 0.255. The van der Waals surface area contributed by atoms with E-state index in [0.717, 1.165) is 10.6 Å². The van der Waals surface area contributed by atoms with Crippen LogP contribution in [0.5, 0.6) is 5.88 Å². The van der Waals surface area contributed by atoms with E-state index in [1.165, 1.54) is 0 Å². The summed E-state index contributed by atoms with van der Waals surface area (Å²) >= 11 is 6.00. The van der Waals surface area contributed by atoms with Gasteiger partial charge in [0.25, 0.3) is 0 Å². The first-order valence-electron chi connectivity index (χ1n) is 4.35. The third kappa shape index (κ3) is 1.75. The fourth-order valence-corrected chi connectivity index (χ4v) is 1.54. The van der Waals surface area contributed by atoms with Gasteiger partial charge >= 0.3 is 0 Å². The average Bonchev–Trinajstić information content (AvgIpc) is 2.56. The Morgan fingerprint density at radius 3 is 2.57 bits per heavy atom. The van der Waals surface area contributed by atoms with Crippen LogP contribution in [-0.2, 0) is 6.54 Å². The first kappa shape index (κ1) is 9.16. The Bertz CT molecular complexity index is 436. The van der Waals surface area contributed by atoms with Gasteiger partial charge in [-0.2, -0.15) is 0 Å². The first-order chi connectivity index (χ1) is 6.77. The average molecular weight is 208 g/mol. The molecule has 0 bridgehead atoms. The van der Waals surface area contributed by atoms with Crippen molar-refractivity contribution in [1.29, 1.82) is 0 Å². The molecule has 0 radical (unpaired) electrons. The van der Waals surface area contributed by atoms with E-state index >= 15 is 0 Å². The lowest BCUT2D eigenvalue weighted by Gasteiger charge is -2.06. The fraction of sp³-hybridized carbons (Fsp3) is 0.0909. The summed E-state index contributed by atoms with van der Waals surface area (Å²) in [5.41, 5.74) is 1.00. The van der Waals surface area contributed by atoms with Gasteiger partial charge < -0.3 is 9.67 Å². The maximum absolute atomic E-state index is 9.42. The Labute approximate surface area is 87.4 Å². The normalized spacial score (nSPS) is 10.4. The largest absolute Gasteiger partial charge is 0.494 e. The molecule has 14 heavy (non-hydrogen) atoms. The van der Waals surface area contributed by atoms with Crippen molar-refractivity contribution in [2.24, 2.45) is 0 Å². The molecule has 0 unspecified atom stereocenters. The fourth-order valence-electron chi connectivity index (χ4n) is 1.35. The van der Waals surface area contributed by atoms with Gasteiger partial charge in [-0.1, -0.05) is 29.8 Å². The summed E-state index contributed by atoms with van der Waals surface area (Å²) < 4.78 is 1.74. The van der Waals surface area contributed by atoms with Crippen molar-refractivity contribution >= 4 is 11.6 Å². The quantitative estimate of drug-likeness (QED) is 0.805. The van der Waals surface area contributed by atoms with Gasteiger partial charge in [0.1, 0.15) is 0 Å². The number of aromatic hydroxyl groups is 1. The molecule has 0 aliphatic rings. The second-order valence-corrected chi connectivity index (χ2v) is 3.49. The molecule has 0 atom stereocenters. The third-order valence-corrected chi connectivity index (χ3v) is 2.47. The highest BCUT2D eigenvalue weighted by atomic mass is 35.5. The Morgan fingerprint density at radius 2 is 1.93 bits per heavy atom. The smallest absolute Gasteiger partial charge is 0.191 e. The highest BCUT2D eigenvalue weighted by molar-refractivity contribution is 6.31. The first-order valence-corrected chi connectivity index (χ1v) is 4.72. The monoisotopic (exact) mass is 207 g/mol. The van der Waals surface area contributed by atoms with Crippen molar-refractivity contribution in [2.75, 3.05) is 0 Å². The van der Waals surface area contributed by atoms with Crippen LogP contribution in [0.4, 0.5) is 0 Å². The van der Waals surface area contributed by atoms with Crippen LogP contribution in [0.25, 0.3) is 0 Å². The second kappa shape index (κ2) is 3.76. The van der Waals surface area contributed by atoms with Gasteiger partial charge in [-0.05, 0) is 23.8 Å². The number of benzene rings is 1. The van der Waals surface area contributed by atoms with Crippen molar-refractivity contribution in [1.82, 2.24) is 4.57 Å². The van der Waals surface area contributed by atoms with Gasteiger partial charge in [0.15, 0.2) is 5.88 Å². The SMILES string of the molecule is Oc1cccn1Cc1ccccc1Cl. The second-order valence-electron chi connectivity index (χ2n) is 3.09. The lowest BCUT2D eigenvalue weighted by molar-refractivity contribution is 0.425. The minimum Gasteiger partial charge on any atom is -0.494 e. The molecular weight excluding hydrogens is 198 g/mol. The van der Waals surface area contributed by atoms with E-state index in [4.69, 9.17) is 11.6 Å². The highest BCUT2D eigenvalue weighted by Crippen LogP contribution is 2.19. The van der Waals surface area contributed by atoms with Gasteiger partial charge in [-0.3, -0.25) is 0 Å². The molecule has 2 rings (SSSR count). The van der Waals surface area contributed by atoms with E-state index in [2.05, 4.69) is 0 Å². The van der Waals surface area contributed by atoms with Crippen LogP contribution in [0.3, 0.4) is 0 Å². The molecule has 0 saturated carbocycles.